The SMILES string of the molecule is CC(C)n1nc(C(=O)C(C#N)c2ccccc2)ccc1=O. The standard InChI is InChI=1S/C16H15N3O2/c1-11(2)19-15(20)9-8-14(18-19)16(21)13(10-17)12-6-4-3-5-7-12/h3-9,11,13H,1-2H3. The molecule has 0 saturated heterocycles. The van der Waals surface area contributed by atoms with Gasteiger partial charge in [0.15, 0.2) is 0 Å². The van der Waals surface area contributed by atoms with E-state index in [1.54, 1.807) is 24.3 Å². The third-order valence-corrected chi connectivity index (χ3v) is 3.09. The lowest BCUT2D eigenvalue weighted by molar-refractivity contribution is 0.0971. The smallest absolute Gasteiger partial charge is 0.267 e. The summed E-state index contributed by atoms with van der Waals surface area (Å²) >= 11 is 0. The van der Waals surface area contributed by atoms with Crippen molar-refractivity contribution in [3.63, 3.8) is 0 Å². The summed E-state index contributed by atoms with van der Waals surface area (Å²) < 4.78 is 1.24. The van der Waals surface area contributed by atoms with Crippen LogP contribution in [0.15, 0.2) is 47.3 Å². The topological polar surface area (TPSA) is 75.8 Å². The minimum absolute atomic E-state index is 0.124. The van der Waals surface area contributed by atoms with E-state index in [4.69, 9.17) is 0 Å². The number of hydrogen-bond donors (Lipinski definition) is 0. The highest BCUT2D eigenvalue weighted by Crippen LogP contribution is 2.19. The molecule has 0 spiro atoms. The Kier molecular flexibility index (Phi) is 4.29. The Morgan fingerprint density at radius 2 is 1.86 bits per heavy atom. The average molecular weight is 281 g/mol. The predicted octanol–water partition coefficient (Wildman–Crippen LogP) is 2.31. The molecule has 0 aliphatic carbocycles. The van der Waals surface area contributed by atoms with Gasteiger partial charge in [-0.05, 0) is 25.5 Å². The molecule has 2 aromatic rings. The number of ketones is 1. The number of rotatable bonds is 4. The molecule has 2 rings (SSSR count). The van der Waals surface area contributed by atoms with Crippen LogP contribution in [0.25, 0.3) is 0 Å². The first-order valence-corrected chi connectivity index (χ1v) is 6.63. The van der Waals surface area contributed by atoms with Crippen LogP contribution >= 0.6 is 0 Å². The van der Waals surface area contributed by atoms with Crippen molar-refractivity contribution in [2.24, 2.45) is 0 Å². The summed E-state index contributed by atoms with van der Waals surface area (Å²) in [6.45, 7) is 3.61. The first-order valence-electron chi connectivity index (χ1n) is 6.63. The molecule has 0 N–H and O–H groups in total. The Morgan fingerprint density at radius 3 is 2.43 bits per heavy atom. The van der Waals surface area contributed by atoms with Gasteiger partial charge in [0.2, 0.25) is 5.78 Å². The predicted molar refractivity (Wildman–Crippen MR) is 78.0 cm³/mol. The highest BCUT2D eigenvalue weighted by molar-refractivity contribution is 6.01. The largest absolute Gasteiger partial charge is 0.290 e. The van der Waals surface area contributed by atoms with Crippen molar-refractivity contribution in [3.8, 4) is 6.07 Å². The maximum atomic E-state index is 12.5. The highest BCUT2D eigenvalue weighted by Gasteiger charge is 2.23. The molecule has 0 bridgehead atoms. The summed E-state index contributed by atoms with van der Waals surface area (Å²) in [6, 6.07) is 13.3. The van der Waals surface area contributed by atoms with E-state index in [1.165, 1.54) is 16.8 Å². The van der Waals surface area contributed by atoms with E-state index in [2.05, 4.69) is 5.10 Å². The van der Waals surface area contributed by atoms with Crippen molar-refractivity contribution in [1.82, 2.24) is 9.78 Å². The number of aromatic nitrogens is 2. The maximum Gasteiger partial charge on any atom is 0.267 e. The van der Waals surface area contributed by atoms with E-state index < -0.39 is 11.7 Å². The monoisotopic (exact) mass is 281 g/mol. The van der Waals surface area contributed by atoms with Gasteiger partial charge in [0.25, 0.3) is 5.56 Å². The lowest BCUT2D eigenvalue weighted by atomic mass is 9.94. The Morgan fingerprint density at radius 1 is 1.19 bits per heavy atom. The quantitative estimate of drug-likeness (QED) is 0.806. The van der Waals surface area contributed by atoms with Crippen LogP contribution in [0.3, 0.4) is 0 Å². The number of nitriles is 1. The van der Waals surface area contributed by atoms with Crippen LogP contribution < -0.4 is 5.56 Å². The van der Waals surface area contributed by atoms with Gasteiger partial charge in [-0.15, -0.1) is 0 Å². The van der Waals surface area contributed by atoms with E-state index in [9.17, 15) is 14.9 Å². The van der Waals surface area contributed by atoms with E-state index in [-0.39, 0.29) is 17.3 Å². The van der Waals surface area contributed by atoms with Gasteiger partial charge in [-0.2, -0.15) is 10.4 Å². The number of benzene rings is 1. The molecule has 5 nitrogen and oxygen atoms in total. The summed E-state index contributed by atoms with van der Waals surface area (Å²) in [6.07, 6.45) is 0. The number of Topliss-reactive ketones (excluding diaryl/α,β-unsaturated/α-hetero) is 1. The molecule has 0 amide bonds. The van der Waals surface area contributed by atoms with Gasteiger partial charge in [0, 0.05) is 6.07 Å². The summed E-state index contributed by atoms with van der Waals surface area (Å²) in [5.41, 5.74) is 0.475. The fourth-order valence-electron chi connectivity index (χ4n) is 2.00. The molecule has 1 unspecified atom stereocenters. The molecule has 21 heavy (non-hydrogen) atoms. The summed E-state index contributed by atoms with van der Waals surface area (Å²) in [7, 11) is 0. The van der Waals surface area contributed by atoms with Crippen LogP contribution in [0.2, 0.25) is 0 Å². The van der Waals surface area contributed by atoms with Crippen LogP contribution in [-0.4, -0.2) is 15.6 Å². The first kappa shape index (κ1) is 14.7. The van der Waals surface area contributed by atoms with Crippen LogP contribution in [0.4, 0.5) is 0 Å². The second kappa shape index (κ2) is 6.14. The van der Waals surface area contributed by atoms with Gasteiger partial charge in [0.1, 0.15) is 11.6 Å². The number of carbonyl (C=O) groups is 1. The van der Waals surface area contributed by atoms with Gasteiger partial charge in [-0.25, -0.2) is 4.68 Å². The zero-order chi connectivity index (χ0) is 15.4. The van der Waals surface area contributed by atoms with E-state index in [0.29, 0.717) is 5.56 Å². The molecule has 1 aromatic heterocycles. The van der Waals surface area contributed by atoms with Gasteiger partial charge >= 0.3 is 0 Å². The molecule has 0 fully saturated rings. The Labute approximate surface area is 122 Å². The lowest BCUT2D eigenvalue weighted by Gasteiger charge is -2.11. The molecule has 1 heterocycles. The maximum absolute atomic E-state index is 12.5. The summed E-state index contributed by atoms with van der Waals surface area (Å²) in [5.74, 6) is -1.32. The zero-order valence-corrected chi connectivity index (χ0v) is 11.9. The van der Waals surface area contributed by atoms with Gasteiger partial charge < -0.3 is 0 Å². The van der Waals surface area contributed by atoms with Crippen LogP contribution in [0, 0.1) is 11.3 Å². The third-order valence-electron chi connectivity index (χ3n) is 3.09. The number of hydrogen-bond acceptors (Lipinski definition) is 4. The molecular weight excluding hydrogens is 266 g/mol. The van der Waals surface area contributed by atoms with Crippen molar-refractivity contribution in [2.45, 2.75) is 25.8 Å². The molecule has 0 saturated carbocycles. The third kappa shape index (κ3) is 3.06. The molecule has 0 aliphatic rings. The molecule has 106 valence electrons. The molecule has 5 heteroatoms. The van der Waals surface area contributed by atoms with Crippen molar-refractivity contribution >= 4 is 5.78 Å². The van der Waals surface area contributed by atoms with Crippen molar-refractivity contribution < 1.29 is 4.79 Å². The van der Waals surface area contributed by atoms with Crippen LogP contribution in [-0.2, 0) is 0 Å². The van der Waals surface area contributed by atoms with E-state index in [1.807, 2.05) is 26.0 Å². The highest BCUT2D eigenvalue weighted by atomic mass is 16.1. The number of carbonyl (C=O) groups excluding carboxylic acids is 1. The van der Waals surface area contributed by atoms with Crippen LogP contribution in [0.5, 0.6) is 0 Å². The molecular formula is C16H15N3O2. The van der Waals surface area contributed by atoms with Gasteiger partial charge in [0.05, 0.1) is 12.1 Å². The van der Waals surface area contributed by atoms with Crippen molar-refractivity contribution in [3.05, 3.63) is 64.1 Å². The molecule has 1 atom stereocenters. The second-order valence-electron chi connectivity index (χ2n) is 4.93. The fourth-order valence-corrected chi connectivity index (χ4v) is 2.00. The van der Waals surface area contributed by atoms with Gasteiger partial charge in [-0.1, -0.05) is 30.3 Å². The second-order valence-corrected chi connectivity index (χ2v) is 4.93. The van der Waals surface area contributed by atoms with Gasteiger partial charge in [-0.3, -0.25) is 9.59 Å². The Balaban J connectivity index is 2.42. The Hall–Kier alpha value is -2.74. The summed E-state index contributed by atoms with van der Waals surface area (Å²) in [5, 5.41) is 13.3. The zero-order valence-electron chi connectivity index (χ0n) is 11.9. The van der Waals surface area contributed by atoms with E-state index in [0.717, 1.165) is 0 Å². The minimum atomic E-state index is -0.920. The average Bonchev–Trinajstić information content (AvgIpc) is 2.49. The minimum Gasteiger partial charge on any atom is -0.290 e. The molecule has 0 radical (unpaired) electrons. The van der Waals surface area contributed by atoms with Crippen molar-refractivity contribution in [1.29, 1.82) is 5.26 Å². The lowest BCUT2D eigenvalue weighted by Crippen LogP contribution is -2.27. The first-order chi connectivity index (χ1) is 10.0. The van der Waals surface area contributed by atoms with Crippen LogP contribution in [0.1, 0.15) is 41.9 Å². The fraction of sp³-hybridized carbons (Fsp3) is 0.250. The Bertz CT molecular complexity index is 742. The van der Waals surface area contributed by atoms with Crippen molar-refractivity contribution in [2.75, 3.05) is 0 Å². The van der Waals surface area contributed by atoms with E-state index >= 15 is 0 Å². The number of nitrogens with zero attached hydrogens (tertiary/aromatic N) is 3. The molecule has 0 aliphatic heterocycles. The normalized spacial score (nSPS) is 11.9. The molecule has 1 aromatic carbocycles. The summed E-state index contributed by atoms with van der Waals surface area (Å²) in [4.78, 5) is 24.1.